The summed E-state index contributed by atoms with van der Waals surface area (Å²) < 4.78 is 21.7. The first-order valence-electron chi connectivity index (χ1n) is 14.3. The van der Waals surface area contributed by atoms with Gasteiger partial charge in [0.2, 0.25) is 0 Å². The Balaban J connectivity index is 0.00000441. The number of benzene rings is 2. The SMILES string of the molecule is COc1ccc(C(C#N)(CCCCCN2CCc3c(ccc(OC)c3OC)C2)SC2CCCCC2)cc1OC.Cl. The van der Waals surface area contributed by atoms with Crippen LogP contribution in [-0.4, -0.2) is 51.7 Å². The number of hydrogen-bond acceptors (Lipinski definition) is 7. The molecule has 0 amide bonds. The molecule has 2 aromatic rings. The number of fused-ring (bicyclic) bond motifs is 1. The van der Waals surface area contributed by atoms with Gasteiger partial charge in [-0.3, -0.25) is 4.90 Å². The maximum absolute atomic E-state index is 10.6. The summed E-state index contributed by atoms with van der Waals surface area (Å²) in [5, 5.41) is 11.2. The predicted octanol–water partition coefficient (Wildman–Crippen LogP) is 7.55. The van der Waals surface area contributed by atoms with Gasteiger partial charge >= 0.3 is 0 Å². The highest BCUT2D eigenvalue weighted by Gasteiger charge is 2.37. The van der Waals surface area contributed by atoms with E-state index in [1.165, 1.54) is 43.2 Å². The second kappa shape index (κ2) is 15.7. The van der Waals surface area contributed by atoms with Crippen LogP contribution in [-0.2, 0) is 17.7 Å². The van der Waals surface area contributed by atoms with Crippen LogP contribution >= 0.6 is 24.2 Å². The number of methoxy groups -OCH3 is 4. The minimum atomic E-state index is -0.568. The maximum atomic E-state index is 10.6. The molecule has 8 heteroatoms. The smallest absolute Gasteiger partial charge is 0.164 e. The topological polar surface area (TPSA) is 64.0 Å². The van der Waals surface area contributed by atoms with Crippen LogP contribution in [0.2, 0.25) is 0 Å². The van der Waals surface area contributed by atoms with Crippen molar-refractivity contribution in [3.8, 4) is 29.1 Å². The average molecular weight is 589 g/mol. The number of rotatable bonds is 13. The highest BCUT2D eigenvalue weighted by molar-refractivity contribution is 8.01. The molecule has 0 N–H and O–H groups in total. The van der Waals surface area contributed by atoms with Crippen LogP contribution in [0.1, 0.15) is 74.5 Å². The lowest BCUT2D eigenvalue weighted by Crippen LogP contribution is -2.31. The zero-order chi connectivity index (χ0) is 27.7. The number of ether oxygens (including phenoxy) is 4. The minimum absolute atomic E-state index is 0. The molecule has 1 atom stereocenters. The van der Waals surface area contributed by atoms with Crippen molar-refractivity contribution in [2.75, 3.05) is 41.5 Å². The van der Waals surface area contributed by atoms with Gasteiger partial charge in [-0.25, -0.2) is 0 Å². The third-order valence-electron chi connectivity index (χ3n) is 8.27. The van der Waals surface area contributed by atoms with Gasteiger partial charge in [-0.05, 0) is 68.0 Å². The van der Waals surface area contributed by atoms with Gasteiger partial charge in [-0.15, -0.1) is 24.2 Å². The van der Waals surface area contributed by atoms with Crippen LogP contribution in [0.15, 0.2) is 30.3 Å². The van der Waals surface area contributed by atoms with E-state index in [1.54, 1.807) is 28.4 Å². The van der Waals surface area contributed by atoms with E-state index >= 15 is 0 Å². The summed E-state index contributed by atoms with van der Waals surface area (Å²) in [5.74, 6) is 3.09. The summed E-state index contributed by atoms with van der Waals surface area (Å²) in [6, 6.07) is 13.0. The van der Waals surface area contributed by atoms with E-state index in [1.807, 2.05) is 30.0 Å². The summed E-state index contributed by atoms with van der Waals surface area (Å²) in [6.07, 6.45) is 11.3. The zero-order valence-corrected chi connectivity index (χ0v) is 26.1. The Morgan fingerprint density at radius 1 is 0.900 bits per heavy atom. The van der Waals surface area contributed by atoms with E-state index in [-0.39, 0.29) is 12.4 Å². The quantitative estimate of drug-likeness (QED) is 0.224. The molecule has 0 aromatic heterocycles. The number of nitriles is 1. The first kappa shape index (κ1) is 32.2. The summed E-state index contributed by atoms with van der Waals surface area (Å²) in [5.41, 5.74) is 3.65. The Kier molecular flexibility index (Phi) is 12.6. The first-order chi connectivity index (χ1) is 19.1. The summed E-state index contributed by atoms with van der Waals surface area (Å²) >= 11 is 1.89. The van der Waals surface area contributed by atoms with Gasteiger partial charge in [0, 0.05) is 23.9 Å². The van der Waals surface area contributed by atoms with Crippen molar-refractivity contribution in [3.05, 3.63) is 47.0 Å². The van der Waals surface area contributed by atoms with Crippen molar-refractivity contribution in [3.63, 3.8) is 0 Å². The fraction of sp³-hybridized carbons (Fsp3) is 0.594. The van der Waals surface area contributed by atoms with Crippen LogP contribution < -0.4 is 18.9 Å². The molecule has 6 nitrogen and oxygen atoms in total. The van der Waals surface area contributed by atoms with Crippen molar-refractivity contribution in [1.29, 1.82) is 5.26 Å². The molecule has 1 heterocycles. The number of unbranched alkanes of at least 4 members (excludes halogenated alkanes) is 2. The van der Waals surface area contributed by atoms with Crippen molar-refractivity contribution in [2.45, 2.75) is 80.7 Å². The number of thioether (sulfide) groups is 1. The molecule has 0 radical (unpaired) electrons. The van der Waals surface area contributed by atoms with Crippen LogP contribution in [0.3, 0.4) is 0 Å². The minimum Gasteiger partial charge on any atom is -0.493 e. The molecule has 40 heavy (non-hydrogen) atoms. The van der Waals surface area contributed by atoms with Gasteiger partial charge in [0.05, 0.1) is 34.5 Å². The van der Waals surface area contributed by atoms with Gasteiger partial charge in [0.15, 0.2) is 23.0 Å². The molecular weight excluding hydrogens is 544 g/mol. The first-order valence-corrected chi connectivity index (χ1v) is 15.2. The maximum Gasteiger partial charge on any atom is 0.164 e. The largest absolute Gasteiger partial charge is 0.493 e. The number of hydrogen-bond donors (Lipinski definition) is 0. The molecule has 2 aromatic carbocycles. The van der Waals surface area contributed by atoms with E-state index < -0.39 is 4.75 Å². The van der Waals surface area contributed by atoms with Gasteiger partial charge in [0.1, 0.15) is 4.75 Å². The lowest BCUT2D eigenvalue weighted by Gasteiger charge is -2.33. The molecule has 1 unspecified atom stereocenters. The van der Waals surface area contributed by atoms with Gasteiger partial charge in [0.25, 0.3) is 0 Å². The van der Waals surface area contributed by atoms with Crippen molar-refractivity contribution >= 4 is 24.2 Å². The average Bonchev–Trinajstić information content (AvgIpc) is 2.99. The molecule has 1 fully saturated rings. The second-order valence-electron chi connectivity index (χ2n) is 10.7. The summed E-state index contributed by atoms with van der Waals surface area (Å²) in [6.45, 7) is 3.04. The lowest BCUT2D eigenvalue weighted by molar-refractivity contribution is 0.243. The van der Waals surface area contributed by atoms with Crippen LogP contribution in [0.4, 0.5) is 0 Å². The van der Waals surface area contributed by atoms with Gasteiger partial charge in [-0.1, -0.05) is 44.2 Å². The van der Waals surface area contributed by atoms with Crippen LogP contribution in [0, 0.1) is 11.3 Å². The highest BCUT2D eigenvalue weighted by atomic mass is 35.5. The Morgan fingerprint density at radius 3 is 2.30 bits per heavy atom. The van der Waals surface area contributed by atoms with E-state index in [0.717, 1.165) is 68.8 Å². The molecule has 0 bridgehead atoms. The fourth-order valence-corrected chi connectivity index (χ4v) is 7.81. The Hall–Kier alpha value is -2.27. The van der Waals surface area contributed by atoms with Gasteiger partial charge in [-0.2, -0.15) is 5.26 Å². The standard InChI is InChI=1S/C32H44N2O4S.ClH/c1-35-28-16-14-25(21-30(28)37-3)32(23-33,39-26-11-7-5-8-12-26)18-9-6-10-19-34-20-17-27-24(22-34)13-15-29(36-2)31(27)38-4;/h13-16,21,26H,5-12,17-20,22H2,1-4H3;1H. The van der Waals surface area contributed by atoms with Crippen molar-refractivity contribution in [1.82, 2.24) is 4.90 Å². The Morgan fingerprint density at radius 2 is 1.62 bits per heavy atom. The third kappa shape index (κ3) is 7.51. The Labute approximate surface area is 251 Å². The predicted molar refractivity (Wildman–Crippen MR) is 166 cm³/mol. The van der Waals surface area contributed by atoms with Crippen LogP contribution in [0.5, 0.6) is 23.0 Å². The molecule has 0 spiro atoms. The lowest BCUT2D eigenvalue weighted by atomic mass is 9.92. The summed E-state index contributed by atoms with van der Waals surface area (Å²) in [7, 11) is 6.73. The van der Waals surface area contributed by atoms with Gasteiger partial charge < -0.3 is 18.9 Å². The fourth-order valence-electron chi connectivity index (χ4n) is 6.09. The molecule has 1 saturated carbocycles. The van der Waals surface area contributed by atoms with E-state index in [0.29, 0.717) is 16.7 Å². The highest BCUT2D eigenvalue weighted by Crippen LogP contribution is 2.48. The molecule has 220 valence electrons. The summed E-state index contributed by atoms with van der Waals surface area (Å²) in [4.78, 5) is 2.54. The molecule has 4 rings (SSSR count). The molecule has 0 saturated heterocycles. The number of halogens is 1. The molecule has 1 aliphatic heterocycles. The number of nitrogens with zero attached hydrogens (tertiary/aromatic N) is 2. The van der Waals surface area contributed by atoms with E-state index in [2.05, 4.69) is 23.1 Å². The zero-order valence-electron chi connectivity index (χ0n) is 24.5. The second-order valence-corrected chi connectivity index (χ2v) is 12.3. The normalized spacial score (nSPS) is 17.1. The van der Waals surface area contributed by atoms with Crippen molar-refractivity contribution in [2.24, 2.45) is 0 Å². The third-order valence-corrected chi connectivity index (χ3v) is 10.0. The molecular formula is C32H45ClN2O4S. The Bertz CT molecular complexity index is 1130. The molecule has 1 aliphatic carbocycles. The van der Waals surface area contributed by atoms with Crippen LogP contribution in [0.25, 0.3) is 0 Å². The monoisotopic (exact) mass is 588 g/mol. The van der Waals surface area contributed by atoms with Crippen molar-refractivity contribution < 1.29 is 18.9 Å². The molecule has 2 aliphatic rings. The van der Waals surface area contributed by atoms with E-state index in [4.69, 9.17) is 18.9 Å². The van der Waals surface area contributed by atoms with E-state index in [9.17, 15) is 5.26 Å².